The molecule has 1 aromatic carbocycles. The molecule has 5 nitrogen and oxygen atoms in total. The van der Waals surface area contributed by atoms with E-state index < -0.39 is 23.5 Å². The van der Waals surface area contributed by atoms with Crippen molar-refractivity contribution in [3.8, 4) is 0 Å². The summed E-state index contributed by atoms with van der Waals surface area (Å²) in [4.78, 5) is 36.2. The molecule has 0 spiro atoms. The molecule has 1 aliphatic rings. The second-order valence-electron chi connectivity index (χ2n) is 4.52. The van der Waals surface area contributed by atoms with E-state index in [0.717, 1.165) is 6.07 Å². The Hall–Kier alpha value is -2.50. The van der Waals surface area contributed by atoms with Crippen molar-refractivity contribution in [2.45, 2.75) is 13.8 Å². The number of rotatable bonds is 4. The summed E-state index contributed by atoms with van der Waals surface area (Å²) in [6.07, 6.45) is 2.62. The maximum absolute atomic E-state index is 13.3. The Morgan fingerprint density at radius 3 is 2.76 bits per heavy atom. The largest absolute Gasteiger partial charge is 0.463 e. The number of benzene rings is 1. The zero-order valence-corrected chi connectivity index (χ0v) is 11.7. The summed E-state index contributed by atoms with van der Waals surface area (Å²) in [5.41, 5.74) is 0.940. The Morgan fingerprint density at radius 1 is 1.38 bits per heavy atom. The van der Waals surface area contributed by atoms with Crippen molar-refractivity contribution < 1.29 is 23.5 Å². The van der Waals surface area contributed by atoms with Crippen LogP contribution in [0.25, 0.3) is 0 Å². The van der Waals surface area contributed by atoms with Gasteiger partial charge in [-0.25, -0.2) is 9.18 Å². The molecule has 1 heterocycles. The van der Waals surface area contributed by atoms with Crippen LogP contribution in [0.15, 0.2) is 24.3 Å². The summed E-state index contributed by atoms with van der Waals surface area (Å²) >= 11 is 0. The molecule has 21 heavy (non-hydrogen) atoms. The molecule has 0 aromatic heterocycles. The van der Waals surface area contributed by atoms with Crippen molar-refractivity contribution in [2.75, 3.05) is 18.1 Å². The lowest BCUT2D eigenvalue weighted by Crippen LogP contribution is -2.30. The van der Waals surface area contributed by atoms with Gasteiger partial charge < -0.3 is 9.64 Å². The van der Waals surface area contributed by atoms with Gasteiger partial charge in [-0.2, -0.15) is 0 Å². The number of carbonyl (C=O) groups excluding carboxylic acids is 3. The van der Waals surface area contributed by atoms with Crippen molar-refractivity contribution in [3.05, 3.63) is 41.2 Å². The van der Waals surface area contributed by atoms with E-state index in [1.165, 1.54) is 23.1 Å². The lowest BCUT2D eigenvalue weighted by molar-refractivity contribution is -0.137. The molecule has 0 bridgehead atoms. The average Bonchev–Trinajstić information content (AvgIpc) is 2.64. The van der Waals surface area contributed by atoms with E-state index in [1.807, 2.05) is 0 Å². The van der Waals surface area contributed by atoms with Crippen LogP contribution in [0.5, 0.6) is 0 Å². The summed E-state index contributed by atoms with van der Waals surface area (Å²) < 4.78 is 18.1. The zero-order chi connectivity index (χ0) is 15.6. The van der Waals surface area contributed by atoms with E-state index >= 15 is 0 Å². The van der Waals surface area contributed by atoms with Crippen LogP contribution in [-0.2, 0) is 14.3 Å². The topological polar surface area (TPSA) is 63.7 Å². The van der Waals surface area contributed by atoms with Crippen LogP contribution in [0.2, 0.25) is 0 Å². The van der Waals surface area contributed by atoms with Gasteiger partial charge in [0.2, 0.25) is 0 Å². The zero-order valence-electron chi connectivity index (χ0n) is 11.7. The number of amides is 1. The highest BCUT2D eigenvalue weighted by Crippen LogP contribution is 2.32. The number of fused-ring (bicyclic) bond motifs is 1. The number of aryl methyl sites for hydroxylation is 1. The van der Waals surface area contributed by atoms with Gasteiger partial charge >= 0.3 is 5.97 Å². The number of Topliss-reactive ketones (excluding diaryl/α,β-unsaturated/α-hetero) is 1. The number of carbonyl (C=O) groups is 3. The van der Waals surface area contributed by atoms with Crippen LogP contribution in [0.3, 0.4) is 0 Å². The van der Waals surface area contributed by atoms with Gasteiger partial charge in [-0.05, 0) is 31.5 Å². The monoisotopic (exact) mass is 291 g/mol. The van der Waals surface area contributed by atoms with Gasteiger partial charge in [0.05, 0.1) is 17.9 Å². The number of ether oxygens (including phenoxy) is 1. The second kappa shape index (κ2) is 5.87. The van der Waals surface area contributed by atoms with Crippen LogP contribution >= 0.6 is 0 Å². The fraction of sp³-hybridized carbons (Fsp3) is 0.267. The van der Waals surface area contributed by atoms with E-state index in [2.05, 4.69) is 0 Å². The van der Waals surface area contributed by atoms with Crippen molar-refractivity contribution in [3.63, 3.8) is 0 Å². The first kappa shape index (κ1) is 14.9. The number of ketones is 1. The Balaban J connectivity index is 2.25. The lowest BCUT2D eigenvalue weighted by Gasteiger charge is -2.16. The number of hydrogen-bond donors (Lipinski definition) is 0. The van der Waals surface area contributed by atoms with Gasteiger partial charge in [0.15, 0.2) is 0 Å². The predicted molar refractivity (Wildman–Crippen MR) is 73.6 cm³/mol. The SMILES string of the molecule is CCOC(=O)/C=C/CN1C(=O)C(=O)c2cc(F)cc(C)c21. The van der Waals surface area contributed by atoms with Gasteiger partial charge in [0.25, 0.3) is 11.7 Å². The molecule has 6 heteroatoms. The maximum Gasteiger partial charge on any atom is 0.330 e. The van der Waals surface area contributed by atoms with E-state index in [4.69, 9.17) is 4.74 Å². The van der Waals surface area contributed by atoms with Crippen LogP contribution in [0.1, 0.15) is 22.8 Å². The van der Waals surface area contributed by atoms with Crippen LogP contribution < -0.4 is 4.90 Å². The minimum Gasteiger partial charge on any atom is -0.463 e. The third-order valence-electron chi connectivity index (χ3n) is 3.05. The molecular weight excluding hydrogens is 277 g/mol. The van der Waals surface area contributed by atoms with Crippen LogP contribution in [-0.4, -0.2) is 30.8 Å². The molecule has 110 valence electrons. The lowest BCUT2D eigenvalue weighted by atomic mass is 10.1. The van der Waals surface area contributed by atoms with Gasteiger partial charge in [-0.15, -0.1) is 0 Å². The summed E-state index contributed by atoms with van der Waals surface area (Å²) in [5.74, 6) is -2.55. The molecule has 0 radical (unpaired) electrons. The van der Waals surface area contributed by atoms with Crippen LogP contribution in [0, 0.1) is 12.7 Å². The van der Waals surface area contributed by atoms with E-state index in [0.29, 0.717) is 11.3 Å². The number of esters is 1. The van der Waals surface area contributed by atoms with Gasteiger partial charge in [-0.1, -0.05) is 6.08 Å². The highest BCUT2D eigenvalue weighted by Gasteiger charge is 2.36. The summed E-state index contributed by atoms with van der Waals surface area (Å²) in [7, 11) is 0. The number of anilines is 1. The fourth-order valence-electron chi connectivity index (χ4n) is 2.23. The Bertz CT molecular complexity index is 651. The molecule has 0 saturated carbocycles. The van der Waals surface area contributed by atoms with Gasteiger partial charge in [-0.3, -0.25) is 9.59 Å². The van der Waals surface area contributed by atoms with E-state index in [9.17, 15) is 18.8 Å². The Kier molecular flexibility index (Phi) is 4.16. The Labute approximate surface area is 121 Å². The summed E-state index contributed by atoms with van der Waals surface area (Å²) in [5, 5.41) is 0. The van der Waals surface area contributed by atoms with E-state index in [-0.39, 0.29) is 18.7 Å². The molecule has 0 fully saturated rings. The molecule has 1 aliphatic heterocycles. The Morgan fingerprint density at radius 2 is 2.10 bits per heavy atom. The second-order valence-corrected chi connectivity index (χ2v) is 4.52. The normalized spacial score (nSPS) is 14.0. The molecule has 0 saturated heterocycles. The van der Waals surface area contributed by atoms with Crippen molar-refractivity contribution in [1.29, 1.82) is 0 Å². The quantitative estimate of drug-likeness (QED) is 0.482. The highest BCUT2D eigenvalue weighted by molar-refractivity contribution is 6.52. The highest BCUT2D eigenvalue weighted by atomic mass is 19.1. The van der Waals surface area contributed by atoms with Gasteiger partial charge in [0.1, 0.15) is 5.82 Å². The first-order chi connectivity index (χ1) is 9.95. The van der Waals surface area contributed by atoms with Crippen molar-refractivity contribution in [2.24, 2.45) is 0 Å². The molecule has 0 atom stereocenters. The number of halogens is 1. The maximum atomic E-state index is 13.3. The van der Waals surface area contributed by atoms with Crippen LogP contribution in [0.4, 0.5) is 10.1 Å². The first-order valence-corrected chi connectivity index (χ1v) is 6.45. The molecule has 1 aromatic rings. The smallest absolute Gasteiger partial charge is 0.330 e. The minimum atomic E-state index is -0.739. The van der Waals surface area contributed by atoms with Crippen molar-refractivity contribution >= 4 is 23.3 Å². The fourth-order valence-corrected chi connectivity index (χ4v) is 2.23. The molecule has 2 rings (SSSR count). The molecule has 0 N–H and O–H groups in total. The molecule has 0 unspecified atom stereocenters. The standard InChI is InChI=1S/C15H14FNO4/c1-3-21-12(18)5-4-6-17-13-9(2)7-10(16)8-11(13)14(19)15(17)20/h4-5,7-8H,3,6H2,1-2H3/b5-4+. The predicted octanol–water partition coefficient (Wildman–Crippen LogP) is 1.78. The molecular formula is C15H14FNO4. The van der Waals surface area contributed by atoms with Gasteiger partial charge in [0, 0.05) is 12.6 Å². The summed E-state index contributed by atoms with van der Waals surface area (Å²) in [6, 6.07) is 2.31. The molecule has 0 aliphatic carbocycles. The van der Waals surface area contributed by atoms with E-state index in [1.54, 1.807) is 13.8 Å². The molecule has 1 amide bonds. The van der Waals surface area contributed by atoms with Crippen molar-refractivity contribution in [1.82, 2.24) is 0 Å². The number of hydrogen-bond acceptors (Lipinski definition) is 4. The number of nitrogens with zero attached hydrogens (tertiary/aromatic N) is 1. The minimum absolute atomic E-state index is 0.0445. The third kappa shape index (κ3) is 2.84. The summed E-state index contributed by atoms with van der Waals surface area (Å²) in [6.45, 7) is 3.60. The third-order valence-corrected chi connectivity index (χ3v) is 3.05. The first-order valence-electron chi connectivity index (χ1n) is 6.45. The average molecular weight is 291 g/mol.